The molecule has 0 radical (unpaired) electrons. The monoisotopic (exact) mass is 343 g/mol. The molecule has 25 heavy (non-hydrogen) atoms. The lowest BCUT2D eigenvalue weighted by Gasteiger charge is -2.34. The van der Waals surface area contributed by atoms with Crippen molar-refractivity contribution in [2.45, 2.75) is 24.9 Å². The number of nitrogens with zero attached hydrogens (tertiary/aromatic N) is 1. The molecule has 6 heteroatoms. The summed E-state index contributed by atoms with van der Waals surface area (Å²) < 4.78 is 11.3. The summed E-state index contributed by atoms with van der Waals surface area (Å²) in [6.07, 6.45) is 4.42. The van der Waals surface area contributed by atoms with E-state index >= 15 is 0 Å². The summed E-state index contributed by atoms with van der Waals surface area (Å²) in [5.41, 5.74) is 2.28. The van der Waals surface area contributed by atoms with E-state index in [0.717, 1.165) is 56.1 Å². The number of hydrogen-bond donors (Lipinski definition) is 2. The summed E-state index contributed by atoms with van der Waals surface area (Å²) in [7, 11) is 1.66. The van der Waals surface area contributed by atoms with E-state index in [9.17, 15) is 4.79 Å². The number of piperazine rings is 1. The van der Waals surface area contributed by atoms with Crippen LogP contribution in [0.2, 0.25) is 0 Å². The van der Waals surface area contributed by atoms with Gasteiger partial charge in [0.05, 0.1) is 13.2 Å². The maximum atomic E-state index is 12.3. The minimum atomic E-state index is -0.119. The van der Waals surface area contributed by atoms with Gasteiger partial charge in [0.15, 0.2) is 11.5 Å². The highest BCUT2D eigenvalue weighted by atomic mass is 16.5. The molecule has 0 spiro atoms. The van der Waals surface area contributed by atoms with Gasteiger partial charge in [0.25, 0.3) is 0 Å². The molecule has 1 amide bonds. The summed E-state index contributed by atoms with van der Waals surface area (Å²) in [6, 6.07) is 6.22. The normalized spacial score (nSPS) is 23.2. The molecule has 1 saturated carbocycles. The van der Waals surface area contributed by atoms with E-state index in [2.05, 4.69) is 21.6 Å². The Hall–Kier alpha value is -2.05. The number of amides is 1. The number of methoxy groups -OCH3 is 1. The first kappa shape index (κ1) is 16.4. The molecule has 0 unspecified atom stereocenters. The number of carbonyl (C=O) groups excluding carboxylic acids is 1. The van der Waals surface area contributed by atoms with Crippen LogP contribution in [0, 0.1) is 0 Å². The largest absolute Gasteiger partial charge is 0.493 e. The number of hydrogen-bond acceptors (Lipinski definition) is 5. The molecule has 2 aliphatic heterocycles. The molecule has 6 nitrogen and oxygen atoms in total. The van der Waals surface area contributed by atoms with Crippen LogP contribution in [0.25, 0.3) is 6.08 Å². The van der Waals surface area contributed by atoms with E-state index in [-0.39, 0.29) is 11.9 Å². The van der Waals surface area contributed by atoms with Crippen molar-refractivity contribution in [2.24, 2.45) is 0 Å². The SMILES string of the molecule is COc1cccc2c1OCC(CN1CCN[C@@H](C(=O)NC3CC3)C1)=C2. The fraction of sp³-hybridized carbons (Fsp3) is 0.526. The summed E-state index contributed by atoms with van der Waals surface area (Å²) in [4.78, 5) is 14.6. The first-order valence-electron chi connectivity index (χ1n) is 8.98. The molecule has 4 rings (SSSR count). The van der Waals surface area contributed by atoms with Gasteiger partial charge in [-0.1, -0.05) is 12.1 Å². The molecule has 3 aliphatic rings. The van der Waals surface area contributed by atoms with E-state index in [1.54, 1.807) is 7.11 Å². The zero-order valence-electron chi connectivity index (χ0n) is 14.6. The van der Waals surface area contributed by atoms with Gasteiger partial charge < -0.3 is 20.1 Å². The summed E-state index contributed by atoms with van der Waals surface area (Å²) in [5.74, 6) is 1.72. The second-order valence-corrected chi connectivity index (χ2v) is 6.99. The van der Waals surface area contributed by atoms with E-state index < -0.39 is 0 Å². The lowest BCUT2D eigenvalue weighted by atomic mass is 10.1. The topological polar surface area (TPSA) is 62.8 Å². The van der Waals surface area contributed by atoms with E-state index in [1.165, 1.54) is 5.57 Å². The average molecular weight is 343 g/mol. The van der Waals surface area contributed by atoms with Crippen molar-refractivity contribution < 1.29 is 14.3 Å². The third kappa shape index (κ3) is 3.80. The quantitative estimate of drug-likeness (QED) is 0.836. The minimum Gasteiger partial charge on any atom is -0.493 e. The van der Waals surface area contributed by atoms with Gasteiger partial charge in [0.2, 0.25) is 5.91 Å². The number of para-hydroxylation sites is 1. The third-order valence-corrected chi connectivity index (χ3v) is 4.92. The number of fused-ring (bicyclic) bond motifs is 1. The van der Waals surface area contributed by atoms with Crippen LogP contribution in [0.3, 0.4) is 0 Å². The molecule has 0 aromatic heterocycles. The Morgan fingerprint density at radius 2 is 2.32 bits per heavy atom. The van der Waals surface area contributed by atoms with Crippen LogP contribution < -0.4 is 20.1 Å². The summed E-state index contributed by atoms with van der Waals surface area (Å²) in [6.45, 7) is 3.90. The second-order valence-electron chi connectivity index (χ2n) is 6.99. The van der Waals surface area contributed by atoms with Crippen molar-refractivity contribution in [3.05, 3.63) is 29.3 Å². The maximum Gasteiger partial charge on any atom is 0.238 e. The number of ether oxygens (including phenoxy) is 2. The molecular weight excluding hydrogens is 318 g/mol. The zero-order valence-corrected chi connectivity index (χ0v) is 14.6. The molecule has 2 fully saturated rings. The van der Waals surface area contributed by atoms with Crippen molar-refractivity contribution in [3.63, 3.8) is 0 Å². The molecule has 1 aliphatic carbocycles. The van der Waals surface area contributed by atoms with Gasteiger partial charge in [-0.15, -0.1) is 0 Å². The smallest absolute Gasteiger partial charge is 0.238 e. The highest BCUT2D eigenvalue weighted by molar-refractivity contribution is 5.82. The zero-order chi connectivity index (χ0) is 17.2. The van der Waals surface area contributed by atoms with E-state index in [0.29, 0.717) is 12.6 Å². The van der Waals surface area contributed by atoms with Gasteiger partial charge in [-0.3, -0.25) is 9.69 Å². The molecule has 1 atom stereocenters. The number of benzene rings is 1. The molecule has 1 aromatic rings. The molecular formula is C19H25N3O3. The van der Waals surface area contributed by atoms with Crippen molar-refractivity contribution in [1.82, 2.24) is 15.5 Å². The van der Waals surface area contributed by atoms with Gasteiger partial charge in [-0.05, 0) is 30.6 Å². The van der Waals surface area contributed by atoms with E-state index in [1.807, 2.05) is 18.2 Å². The lowest BCUT2D eigenvalue weighted by Crippen LogP contribution is -2.57. The van der Waals surface area contributed by atoms with Crippen molar-refractivity contribution in [2.75, 3.05) is 39.9 Å². The fourth-order valence-corrected chi connectivity index (χ4v) is 3.43. The Balaban J connectivity index is 1.39. The van der Waals surface area contributed by atoms with Crippen LogP contribution in [0.4, 0.5) is 0 Å². The molecule has 134 valence electrons. The second kappa shape index (κ2) is 7.06. The molecule has 2 N–H and O–H groups in total. The van der Waals surface area contributed by atoms with E-state index in [4.69, 9.17) is 9.47 Å². The number of rotatable bonds is 5. The Morgan fingerprint density at radius 1 is 1.44 bits per heavy atom. The van der Waals surface area contributed by atoms with Gasteiger partial charge in [0.1, 0.15) is 6.61 Å². The standard InChI is InChI=1S/C19H25N3O3/c1-24-17-4-2-3-14-9-13(12-25-18(14)17)10-22-8-7-20-16(11-22)19(23)21-15-5-6-15/h2-4,9,15-16,20H,5-8,10-12H2,1H3,(H,21,23)/t16-/m1/s1. The Kier molecular flexibility index (Phi) is 4.63. The highest BCUT2D eigenvalue weighted by Crippen LogP contribution is 2.35. The third-order valence-electron chi connectivity index (χ3n) is 4.92. The van der Waals surface area contributed by atoms with Crippen LogP contribution in [0.15, 0.2) is 23.8 Å². The van der Waals surface area contributed by atoms with Gasteiger partial charge in [-0.2, -0.15) is 0 Å². The van der Waals surface area contributed by atoms with Gasteiger partial charge in [-0.25, -0.2) is 0 Å². The van der Waals surface area contributed by atoms with Crippen molar-refractivity contribution in [3.8, 4) is 11.5 Å². The van der Waals surface area contributed by atoms with Crippen molar-refractivity contribution in [1.29, 1.82) is 0 Å². The minimum absolute atomic E-state index is 0.119. The van der Waals surface area contributed by atoms with Crippen LogP contribution >= 0.6 is 0 Å². The molecule has 2 heterocycles. The first-order valence-corrected chi connectivity index (χ1v) is 8.98. The molecule has 0 bridgehead atoms. The van der Waals surface area contributed by atoms with Crippen LogP contribution in [-0.4, -0.2) is 62.8 Å². The number of nitrogens with one attached hydrogen (secondary N) is 2. The Morgan fingerprint density at radius 3 is 3.12 bits per heavy atom. The van der Waals surface area contributed by atoms with Gasteiger partial charge in [0, 0.05) is 37.8 Å². The Bertz CT molecular complexity index is 684. The van der Waals surface area contributed by atoms with Crippen LogP contribution in [0.5, 0.6) is 11.5 Å². The predicted octanol–water partition coefficient (Wildman–Crippen LogP) is 1.02. The summed E-state index contributed by atoms with van der Waals surface area (Å²) in [5, 5.41) is 6.42. The average Bonchev–Trinajstić information content (AvgIpc) is 3.45. The maximum absolute atomic E-state index is 12.3. The van der Waals surface area contributed by atoms with Gasteiger partial charge >= 0.3 is 0 Å². The first-order chi connectivity index (χ1) is 12.2. The van der Waals surface area contributed by atoms with Crippen molar-refractivity contribution >= 4 is 12.0 Å². The van der Waals surface area contributed by atoms with Crippen LogP contribution in [-0.2, 0) is 4.79 Å². The molecule has 1 saturated heterocycles. The summed E-state index contributed by atoms with van der Waals surface area (Å²) >= 11 is 0. The fourth-order valence-electron chi connectivity index (χ4n) is 3.43. The molecule has 1 aromatic carbocycles. The lowest BCUT2D eigenvalue weighted by molar-refractivity contribution is -0.124. The number of carbonyl (C=O) groups is 1. The highest BCUT2D eigenvalue weighted by Gasteiger charge is 2.30. The van der Waals surface area contributed by atoms with Crippen LogP contribution in [0.1, 0.15) is 18.4 Å². The predicted molar refractivity (Wildman–Crippen MR) is 95.9 cm³/mol. The Labute approximate surface area is 148 Å².